The Kier molecular flexibility index (Phi) is 4.65. The number of hydrogen-bond acceptors (Lipinski definition) is 2. The number of aliphatic carboxylic acids is 1. The maximum atomic E-state index is 12.8. The molecule has 0 atom stereocenters. The smallest absolute Gasteiger partial charge is 0.328 e. The predicted molar refractivity (Wildman–Crippen MR) is 58.9 cm³/mol. The predicted octanol–water partition coefficient (Wildman–Crippen LogP) is 3.21. The van der Waals surface area contributed by atoms with Gasteiger partial charge in [-0.25, -0.2) is 9.18 Å². The Labute approximate surface area is 95.7 Å². The van der Waals surface area contributed by atoms with E-state index >= 15 is 0 Å². The summed E-state index contributed by atoms with van der Waals surface area (Å²) < 4.78 is 12.8. The molecule has 1 aromatic rings. The Morgan fingerprint density at radius 2 is 2.33 bits per heavy atom. The molecular formula is C10H8ClFO2S. The highest BCUT2D eigenvalue weighted by molar-refractivity contribution is 7.99. The zero-order chi connectivity index (χ0) is 11.3. The molecule has 15 heavy (non-hydrogen) atoms. The molecule has 0 aliphatic heterocycles. The van der Waals surface area contributed by atoms with Crippen LogP contribution in [-0.4, -0.2) is 16.8 Å². The van der Waals surface area contributed by atoms with Crippen molar-refractivity contribution >= 4 is 29.3 Å². The van der Waals surface area contributed by atoms with Gasteiger partial charge in [0.15, 0.2) is 0 Å². The molecule has 0 radical (unpaired) electrons. The number of halogens is 2. The standard InChI is InChI=1S/C10H8ClFO2S/c11-8-6-7(3-4-9(8)12)15-5-1-2-10(13)14/h1-4,6H,5H2,(H,13,14). The van der Waals surface area contributed by atoms with Crippen LogP contribution in [0, 0.1) is 5.82 Å². The second-order valence-electron chi connectivity index (χ2n) is 2.63. The molecule has 1 rings (SSSR count). The summed E-state index contributed by atoms with van der Waals surface area (Å²) in [6.07, 6.45) is 2.59. The summed E-state index contributed by atoms with van der Waals surface area (Å²) in [7, 11) is 0. The molecule has 5 heteroatoms. The zero-order valence-electron chi connectivity index (χ0n) is 7.61. The van der Waals surface area contributed by atoms with Crippen LogP contribution < -0.4 is 0 Å². The number of rotatable bonds is 4. The van der Waals surface area contributed by atoms with Crippen molar-refractivity contribution in [2.75, 3.05) is 5.75 Å². The number of carbonyl (C=O) groups is 1. The molecule has 0 unspecified atom stereocenters. The zero-order valence-corrected chi connectivity index (χ0v) is 9.19. The number of hydrogen-bond donors (Lipinski definition) is 1. The van der Waals surface area contributed by atoms with E-state index in [9.17, 15) is 9.18 Å². The van der Waals surface area contributed by atoms with Gasteiger partial charge >= 0.3 is 5.97 Å². The van der Waals surface area contributed by atoms with Crippen molar-refractivity contribution in [3.63, 3.8) is 0 Å². The summed E-state index contributed by atoms with van der Waals surface area (Å²) >= 11 is 6.96. The van der Waals surface area contributed by atoms with Crippen molar-refractivity contribution in [3.05, 3.63) is 41.2 Å². The lowest BCUT2D eigenvalue weighted by Gasteiger charge is -1.99. The first-order chi connectivity index (χ1) is 7.09. The fourth-order valence-electron chi connectivity index (χ4n) is 0.860. The van der Waals surface area contributed by atoms with Gasteiger partial charge < -0.3 is 5.11 Å². The van der Waals surface area contributed by atoms with Crippen LogP contribution in [0.25, 0.3) is 0 Å². The normalized spacial score (nSPS) is 10.8. The van der Waals surface area contributed by atoms with Gasteiger partial charge in [-0.1, -0.05) is 17.7 Å². The highest BCUT2D eigenvalue weighted by Crippen LogP contribution is 2.23. The summed E-state index contributed by atoms with van der Waals surface area (Å²) in [5.41, 5.74) is 0. The number of benzene rings is 1. The highest BCUT2D eigenvalue weighted by Gasteiger charge is 2.00. The maximum Gasteiger partial charge on any atom is 0.328 e. The first-order valence-corrected chi connectivity index (χ1v) is 5.43. The molecule has 80 valence electrons. The average molecular weight is 247 g/mol. The molecule has 0 aliphatic carbocycles. The van der Waals surface area contributed by atoms with Gasteiger partial charge in [0, 0.05) is 16.7 Å². The van der Waals surface area contributed by atoms with E-state index in [2.05, 4.69) is 0 Å². The van der Waals surface area contributed by atoms with E-state index < -0.39 is 11.8 Å². The van der Waals surface area contributed by atoms with Crippen LogP contribution in [0.2, 0.25) is 5.02 Å². The van der Waals surface area contributed by atoms with Crippen LogP contribution in [0.5, 0.6) is 0 Å². The van der Waals surface area contributed by atoms with E-state index in [1.807, 2.05) is 0 Å². The van der Waals surface area contributed by atoms with Gasteiger partial charge in [-0.05, 0) is 18.2 Å². The van der Waals surface area contributed by atoms with Crippen LogP contribution in [0.4, 0.5) is 4.39 Å². The topological polar surface area (TPSA) is 37.3 Å². The van der Waals surface area contributed by atoms with Crippen molar-refractivity contribution in [2.24, 2.45) is 0 Å². The second kappa shape index (κ2) is 5.78. The van der Waals surface area contributed by atoms with Crippen molar-refractivity contribution in [2.45, 2.75) is 4.90 Å². The van der Waals surface area contributed by atoms with Crippen LogP contribution in [0.3, 0.4) is 0 Å². The Balaban J connectivity index is 2.51. The van der Waals surface area contributed by atoms with E-state index in [0.29, 0.717) is 5.75 Å². The molecule has 1 N–H and O–H groups in total. The molecular weight excluding hydrogens is 239 g/mol. The Bertz CT molecular complexity index is 393. The fourth-order valence-corrected chi connectivity index (χ4v) is 1.86. The summed E-state index contributed by atoms with van der Waals surface area (Å²) in [4.78, 5) is 10.9. The minimum absolute atomic E-state index is 0.0715. The van der Waals surface area contributed by atoms with E-state index in [1.54, 1.807) is 6.07 Å². The third-order valence-electron chi connectivity index (χ3n) is 1.50. The van der Waals surface area contributed by atoms with Crippen LogP contribution in [-0.2, 0) is 4.79 Å². The molecule has 0 saturated heterocycles. The summed E-state index contributed by atoms with van der Waals surface area (Å²) in [6.45, 7) is 0. The third-order valence-corrected chi connectivity index (χ3v) is 2.73. The SMILES string of the molecule is O=C(O)C=CCSc1ccc(F)c(Cl)c1. The summed E-state index contributed by atoms with van der Waals surface area (Å²) in [5, 5.41) is 8.40. The largest absolute Gasteiger partial charge is 0.478 e. The lowest BCUT2D eigenvalue weighted by molar-refractivity contribution is -0.131. The van der Waals surface area contributed by atoms with Crippen molar-refractivity contribution in [3.8, 4) is 0 Å². The minimum atomic E-state index is -0.979. The quantitative estimate of drug-likeness (QED) is 0.655. The molecule has 0 spiro atoms. The van der Waals surface area contributed by atoms with Gasteiger partial charge in [0.1, 0.15) is 5.82 Å². The average Bonchev–Trinajstić information content (AvgIpc) is 2.18. The second-order valence-corrected chi connectivity index (χ2v) is 4.13. The monoisotopic (exact) mass is 246 g/mol. The number of carboxylic acids is 1. The van der Waals surface area contributed by atoms with E-state index in [4.69, 9.17) is 16.7 Å². The number of carboxylic acid groups (broad SMARTS) is 1. The Hall–Kier alpha value is -1.00. The molecule has 0 aromatic heterocycles. The summed E-state index contributed by atoms with van der Waals surface area (Å²) in [5.74, 6) is -0.927. The van der Waals surface area contributed by atoms with Gasteiger partial charge in [0.25, 0.3) is 0 Å². The first-order valence-electron chi connectivity index (χ1n) is 4.07. The van der Waals surface area contributed by atoms with Crippen LogP contribution >= 0.6 is 23.4 Å². The lowest BCUT2D eigenvalue weighted by atomic mass is 10.3. The van der Waals surface area contributed by atoms with E-state index in [-0.39, 0.29) is 5.02 Å². The van der Waals surface area contributed by atoms with Crippen LogP contribution in [0.1, 0.15) is 0 Å². The van der Waals surface area contributed by atoms with Crippen LogP contribution in [0.15, 0.2) is 35.2 Å². The fraction of sp³-hybridized carbons (Fsp3) is 0.100. The molecule has 1 aromatic carbocycles. The first kappa shape index (κ1) is 12.1. The molecule has 2 nitrogen and oxygen atoms in total. The Morgan fingerprint density at radius 1 is 1.60 bits per heavy atom. The Morgan fingerprint density at radius 3 is 2.93 bits per heavy atom. The molecule has 0 fully saturated rings. The van der Waals surface area contributed by atoms with Crippen molar-refractivity contribution < 1.29 is 14.3 Å². The van der Waals surface area contributed by atoms with Gasteiger partial charge in [0.2, 0.25) is 0 Å². The summed E-state index contributed by atoms with van der Waals surface area (Å²) in [6, 6.07) is 4.39. The minimum Gasteiger partial charge on any atom is -0.478 e. The molecule has 0 saturated carbocycles. The third kappa shape index (κ3) is 4.36. The molecule has 0 heterocycles. The van der Waals surface area contributed by atoms with Crippen molar-refractivity contribution in [1.82, 2.24) is 0 Å². The van der Waals surface area contributed by atoms with Gasteiger partial charge in [0.05, 0.1) is 5.02 Å². The molecule has 0 aliphatic rings. The van der Waals surface area contributed by atoms with Gasteiger partial charge in [-0.15, -0.1) is 11.8 Å². The van der Waals surface area contributed by atoms with Gasteiger partial charge in [-0.3, -0.25) is 0 Å². The van der Waals surface area contributed by atoms with Gasteiger partial charge in [-0.2, -0.15) is 0 Å². The van der Waals surface area contributed by atoms with E-state index in [0.717, 1.165) is 11.0 Å². The highest BCUT2D eigenvalue weighted by atomic mass is 35.5. The van der Waals surface area contributed by atoms with E-state index in [1.165, 1.54) is 30.0 Å². The molecule has 0 bridgehead atoms. The lowest BCUT2D eigenvalue weighted by Crippen LogP contribution is -1.86. The van der Waals surface area contributed by atoms with Crippen molar-refractivity contribution in [1.29, 1.82) is 0 Å². The molecule has 0 amide bonds. The maximum absolute atomic E-state index is 12.8. The number of thioether (sulfide) groups is 1.